The lowest BCUT2D eigenvalue weighted by molar-refractivity contribution is -0.271. The molecule has 0 spiro atoms. The highest BCUT2D eigenvalue weighted by atomic mass is 19.4. The second kappa shape index (κ2) is 8.31. The van der Waals surface area contributed by atoms with Crippen LogP contribution < -0.4 is 0 Å². The fourth-order valence-corrected chi connectivity index (χ4v) is 8.51. The van der Waals surface area contributed by atoms with E-state index < -0.39 is 11.8 Å². The third-order valence-corrected chi connectivity index (χ3v) is 10.5. The van der Waals surface area contributed by atoms with Crippen molar-refractivity contribution in [1.29, 1.82) is 0 Å². The molecule has 4 aliphatic rings. The van der Waals surface area contributed by atoms with E-state index in [1.807, 2.05) is 0 Å². The van der Waals surface area contributed by atoms with E-state index in [1.54, 1.807) is 0 Å². The minimum atomic E-state index is -4.58. The summed E-state index contributed by atoms with van der Waals surface area (Å²) in [6, 6.07) is 0. The first-order chi connectivity index (χ1) is 15.8. The highest BCUT2D eigenvalue weighted by Gasteiger charge is 2.63. The first kappa shape index (κ1) is 22.0. The Balaban J connectivity index is 1.52. The number of aliphatic hydroxyl groups is 1. The summed E-state index contributed by atoms with van der Waals surface area (Å²) < 4.78 is 57.3. The minimum Gasteiger partial charge on any atom is -0.380 e. The minimum absolute atomic E-state index is 0.0581. The zero-order valence-corrected chi connectivity index (χ0v) is 20.5. The molecule has 1 N–H and O–H groups in total. The van der Waals surface area contributed by atoms with Crippen molar-refractivity contribution in [3.05, 3.63) is 11.6 Å². The molecule has 0 heterocycles. The summed E-state index contributed by atoms with van der Waals surface area (Å²) in [7, 11) is 0. The van der Waals surface area contributed by atoms with E-state index in [4.69, 9.17) is 2.74 Å². The maximum absolute atomic E-state index is 13.6. The van der Waals surface area contributed by atoms with E-state index in [9.17, 15) is 18.3 Å². The average Bonchev–Trinajstić information content (AvgIpc) is 3.03. The molecule has 8 unspecified atom stereocenters. The molecule has 10 atom stereocenters. The third kappa shape index (κ3) is 3.89. The van der Waals surface area contributed by atoms with Gasteiger partial charge in [0.1, 0.15) is 0 Å². The van der Waals surface area contributed by atoms with E-state index in [1.165, 1.54) is 0 Å². The van der Waals surface area contributed by atoms with Gasteiger partial charge in [0, 0.05) is 9.16 Å². The quantitative estimate of drug-likeness (QED) is 0.412. The van der Waals surface area contributed by atoms with Gasteiger partial charge in [-0.1, -0.05) is 65.5 Å². The van der Waals surface area contributed by atoms with Crippen LogP contribution in [0.2, 0.25) is 0 Å². The molecular weight excluding hydrogens is 409 g/mol. The van der Waals surface area contributed by atoms with Gasteiger partial charge >= 0.3 is 6.18 Å². The Morgan fingerprint density at radius 2 is 1.91 bits per heavy atom. The fraction of sp³-hybridized carbons (Fsp3) is 0.929. The van der Waals surface area contributed by atoms with Gasteiger partial charge < -0.3 is 5.11 Å². The van der Waals surface area contributed by atoms with Crippen molar-refractivity contribution >= 4 is 0 Å². The van der Waals surface area contributed by atoms with Crippen molar-refractivity contribution in [3.8, 4) is 0 Å². The molecule has 0 amide bonds. The third-order valence-electron chi connectivity index (χ3n) is 10.5. The second-order valence-electron chi connectivity index (χ2n) is 12.5. The lowest BCUT2D eigenvalue weighted by Crippen LogP contribution is -2.55. The Hall–Kier alpha value is -0.510. The van der Waals surface area contributed by atoms with Gasteiger partial charge in [-0.15, -0.1) is 0 Å². The highest BCUT2D eigenvalue weighted by Crippen LogP contribution is 2.68. The monoisotopic (exact) mass is 456 g/mol. The molecule has 32 heavy (non-hydrogen) atoms. The normalized spacial score (nSPS) is 49.1. The van der Waals surface area contributed by atoms with Gasteiger partial charge in [-0.05, 0) is 91.3 Å². The van der Waals surface area contributed by atoms with Gasteiger partial charge in [0.2, 0.25) is 0 Å². The van der Waals surface area contributed by atoms with Crippen LogP contribution in [-0.4, -0.2) is 16.9 Å². The molecule has 0 aromatic rings. The van der Waals surface area contributed by atoms with Crippen molar-refractivity contribution in [2.24, 2.45) is 46.3 Å². The van der Waals surface area contributed by atoms with Crippen molar-refractivity contribution < 1.29 is 21.0 Å². The molecule has 4 heteroatoms. The Morgan fingerprint density at radius 3 is 2.59 bits per heavy atom. The zero-order chi connectivity index (χ0) is 25.1. The van der Waals surface area contributed by atoms with Crippen LogP contribution in [0, 0.1) is 46.3 Å². The fourth-order valence-electron chi connectivity index (χ4n) is 8.51. The number of hydrogen-bond donors (Lipinski definition) is 1. The predicted octanol–water partition coefficient (Wildman–Crippen LogP) is 8.32. The van der Waals surface area contributed by atoms with E-state index in [-0.39, 0.29) is 30.1 Å². The standard InChI is InChI=1S/C28H45F3O/c1-18(2)7-6-8-19(3)22-11-12-23-21-10-9-20-17-27(32,28(29,30)31)16-15-25(20,4)24(21)13-14-26(22,23)5/h9,18-19,21-24,32H,6-8,10-17H2,1-5H3/t19-,21?,22?,23?,24?,25?,26?,27?/m1/s1/i1D,11D/t11?,18-,19-,21?,22?,23?,24?,25?,26?,27?. The summed E-state index contributed by atoms with van der Waals surface area (Å²) in [5, 5.41) is 10.4. The Kier molecular flexibility index (Phi) is 5.71. The zero-order valence-electron chi connectivity index (χ0n) is 22.5. The number of alkyl halides is 3. The van der Waals surface area contributed by atoms with E-state index >= 15 is 0 Å². The molecule has 0 saturated heterocycles. The van der Waals surface area contributed by atoms with E-state index in [2.05, 4.69) is 33.8 Å². The van der Waals surface area contributed by atoms with Gasteiger partial charge in [-0.2, -0.15) is 13.2 Å². The second-order valence-corrected chi connectivity index (χ2v) is 12.5. The summed E-state index contributed by atoms with van der Waals surface area (Å²) in [4.78, 5) is 0. The molecule has 0 radical (unpaired) electrons. The van der Waals surface area contributed by atoms with Gasteiger partial charge in [0.05, 0.1) is 0 Å². The van der Waals surface area contributed by atoms with Crippen molar-refractivity contribution in [1.82, 2.24) is 0 Å². The lowest BCUT2D eigenvalue weighted by Gasteiger charge is -2.59. The Morgan fingerprint density at radius 1 is 1.16 bits per heavy atom. The van der Waals surface area contributed by atoms with Crippen molar-refractivity contribution in [2.75, 3.05) is 0 Å². The summed E-state index contributed by atoms with van der Waals surface area (Å²) in [5.74, 6) is 2.58. The molecule has 3 fully saturated rings. The molecule has 4 rings (SSSR count). The van der Waals surface area contributed by atoms with Crippen LogP contribution in [0.4, 0.5) is 13.2 Å². The van der Waals surface area contributed by atoms with Crippen LogP contribution in [-0.2, 0) is 0 Å². The summed E-state index contributed by atoms with van der Waals surface area (Å²) in [6.45, 7) is 9.54. The van der Waals surface area contributed by atoms with Gasteiger partial charge in [0.15, 0.2) is 5.60 Å². The van der Waals surface area contributed by atoms with Gasteiger partial charge in [0.25, 0.3) is 0 Å². The molecular formula is C28H45F3O. The van der Waals surface area contributed by atoms with Crippen LogP contribution in [0.25, 0.3) is 0 Å². The average molecular weight is 457 g/mol. The van der Waals surface area contributed by atoms with E-state index in [0.29, 0.717) is 48.8 Å². The van der Waals surface area contributed by atoms with Crippen LogP contribution in [0.1, 0.15) is 108 Å². The molecule has 4 aliphatic carbocycles. The van der Waals surface area contributed by atoms with Crippen LogP contribution in [0.5, 0.6) is 0 Å². The number of hydrogen-bond acceptors (Lipinski definition) is 1. The number of allylic oxidation sites excluding steroid dienone is 1. The SMILES string of the molecule is [2H]C[C@H](C)CCC[C@@H](C)C1C([2H])CC2C3CC=C4CC(O)(C(F)(F)F)CCC4(C)C3CCC21C. The van der Waals surface area contributed by atoms with Gasteiger partial charge in [-0.25, -0.2) is 0 Å². The van der Waals surface area contributed by atoms with E-state index in [0.717, 1.165) is 50.5 Å². The molecule has 0 aromatic carbocycles. The maximum Gasteiger partial charge on any atom is 0.417 e. The largest absolute Gasteiger partial charge is 0.417 e. The molecule has 0 aliphatic heterocycles. The molecule has 184 valence electrons. The number of fused-ring (bicyclic) bond motifs is 5. The first-order valence-corrected chi connectivity index (χ1v) is 13.0. The number of halogens is 3. The Labute approximate surface area is 196 Å². The maximum atomic E-state index is 13.6. The molecule has 0 aromatic heterocycles. The predicted molar refractivity (Wildman–Crippen MR) is 124 cm³/mol. The van der Waals surface area contributed by atoms with Gasteiger partial charge in [-0.3, -0.25) is 0 Å². The topological polar surface area (TPSA) is 20.2 Å². The first-order valence-electron chi connectivity index (χ1n) is 14.3. The molecule has 3 saturated carbocycles. The van der Waals surface area contributed by atoms with Crippen LogP contribution >= 0.6 is 0 Å². The number of rotatable bonds is 5. The Bertz CT molecular complexity index is 784. The molecule has 1 nitrogen and oxygen atoms in total. The van der Waals surface area contributed by atoms with Crippen LogP contribution in [0.3, 0.4) is 0 Å². The van der Waals surface area contributed by atoms with Crippen molar-refractivity contribution in [3.63, 3.8) is 0 Å². The summed E-state index contributed by atoms with van der Waals surface area (Å²) in [5.41, 5.74) is -1.87. The van der Waals surface area contributed by atoms with Crippen molar-refractivity contribution in [2.45, 2.75) is 117 Å². The highest BCUT2D eigenvalue weighted by molar-refractivity contribution is 5.28. The summed E-state index contributed by atoms with van der Waals surface area (Å²) in [6.07, 6.45) is 4.51. The smallest absolute Gasteiger partial charge is 0.380 e. The lowest BCUT2D eigenvalue weighted by atomic mass is 9.46. The molecule has 0 bridgehead atoms. The van der Waals surface area contributed by atoms with Crippen LogP contribution in [0.15, 0.2) is 11.6 Å². The summed E-state index contributed by atoms with van der Waals surface area (Å²) >= 11 is 0.